The van der Waals surface area contributed by atoms with Gasteiger partial charge in [0.15, 0.2) is 11.8 Å². The summed E-state index contributed by atoms with van der Waals surface area (Å²) in [6.07, 6.45) is 1.82. The van der Waals surface area contributed by atoms with E-state index in [1.165, 1.54) is 0 Å². The Hall–Kier alpha value is -1.53. The van der Waals surface area contributed by atoms with E-state index in [1.54, 1.807) is 14.2 Å². The number of methoxy groups -OCH3 is 1. The topological polar surface area (TPSA) is 93.4 Å². The van der Waals surface area contributed by atoms with Gasteiger partial charge in [0, 0.05) is 43.8 Å². The minimum Gasteiger partial charge on any atom is -0.377 e. The quantitative estimate of drug-likeness (QED) is 0.327. The van der Waals surface area contributed by atoms with Crippen LogP contribution in [-0.4, -0.2) is 57.4 Å². The van der Waals surface area contributed by atoms with Crippen molar-refractivity contribution >= 4 is 40.7 Å². The van der Waals surface area contributed by atoms with Crippen molar-refractivity contribution in [3.8, 4) is 0 Å². The lowest BCUT2D eigenvalue weighted by Crippen LogP contribution is -2.47. The van der Waals surface area contributed by atoms with Crippen LogP contribution in [0.25, 0.3) is 0 Å². The van der Waals surface area contributed by atoms with Crippen molar-refractivity contribution < 1.29 is 8.95 Å². The molecule has 0 amide bonds. The molecule has 1 aromatic heterocycles. The van der Waals surface area contributed by atoms with Crippen LogP contribution in [0.4, 0.5) is 0 Å². The molecule has 2 heterocycles. The van der Waals surface area contributed by atoms with Crippen LogP contribution in [0.15, 0.2) is 40.2 Å². The molecule has 3 rings (SSSR count). The summed E-state index contributed by atoms with van der Waals surface area (Å²) in [6.45, 7) is 1.75. The number of rotatable bonds is 7. The molecule has 2 N–H and O–H groups in total. The lowest BCUT2D eigenvalue weighted by Gasteiger charge is -2.25. The van der Waals surface area contributed by atoms with Gasteiger partial charge in [-0.2, -0.15) is 5.10 Å². The smallest absolute Gasteiger partial charge is 0.191 e. The molecular formula is C18H27IN6O2S. The monoisotopic (exact) mass is 518 g/mol. The lowest BCUT2D eigenvalue weighted by molar-refractivity contribution is 0.177. The normalized spacial score (nSPS) is 17.4. The Morgan fingerprint density at radius 2 is 2.18 bits per heavy atom. The summed E-state index contributed by atoms with van der Waals surface area (Å²) in [5.74, 6) is 2.97. The van der Waals surface area contributed by atoms with Crippen LogP contribution in [0.3, 0.4) is 0 Å². The Labute approximate surface area is 185 Å². The second kappa shape index (κ2) is 11.5. The maximum absolute atomic E-state index is 12.3. The minimum absolute atomic E-state index is 0. The third-order valence-corrected chi connectivity index (χ3v) is 5.70. The molecule has 2 unspecified atom stereocenters. The summed E-state index contributed by atoms with van der Waals surface area (Å²) >= 11 is 0. The van der Waals surface area contributed by atoms with Crippen LogP contribution in [0.5, 0.6) is 0 Å². The molecule has 1 aromatic carbocycles. The molecule has 0 saturated heterocycles. The number of hydrogen-bond acceptors (Lipinski definition) is 5. The summed E-state index contributed by atoms with van der Waals surface area (Å²) in [5.41, 5.74) is 0. The number of fused-ring (bicyclic) bond motifs is 1. The molecule has 8 nitrogen and oxygen atoms in total. The third kappa shape index (κ3) is 6.24. The van der Waals surface area contributed by atoms with E-state index in [-0.39, 0.29) is 30.0 Å². The van der Waals surface area contributed by atoms with Gasteiger partial charge in [-0.3, -0.25) is 9.20 Å². The van der Waals surface area contributed by atoms with Gasteiger partial charge in [0.05, 0.1) is 17.3 Å². The highest BCUT2D eigenvalue weighted by Gasteiger charge is 2.22. The number of nitrogens with one attached hydrogen (secondary N) is 2. The molecule has 0 fully saturated rings. The van der Waals surface area contributed by atoms with E-state index >= 15 is 0 Å². The fourth-order valence-electron chi connectivity index (χ4n) is 3.01. The third-order valence-electron chi connectivity index (χ3n) is 4.33. The number of ether oxygens (including phenoxy) is 1. The van der Waals surface area contributed by atoms with Gasteiger partial charge < -0.3 is 15.4 Å². The van der Waals surface area contributed by atoms with E-state index in [2.05, 4.69) is 25.7 Å². The number of halogens is 1. The number of hydrogen-bond donors (Lipinski definition) is 2. The standard InChI is InChI=1S/C18H26N6O2S.HI/c1-19-18(20-10-11-27(25)15-6-4-3-5-7-15)21-14-8-9-17-22-16(13-26-2)23-24(17)12-14;/h3-7,14H,8-13H2,1-2H3,(H2,19,20,21);1H. The maximum Gasteiger partial charge on any atom is 0.191 e. The van der Waals surface area contributed by atoms with E-state index in [4.69, 9.17) is 4.74 Å². The molecule has 1 aliphatic rings. The molecule has 0 radical (unpaired) electrons. The van der Waals surface area contributed by atoms with Gasteiger partial charge >= 0.3 is 0 Å². The van der Waals surface area contributed by atoms with Crippen molar-refractivity contribution in [3.63, 3.8) is 0 Å². The van der Waals surface area contributed by atoms with E-state index in [0.717, 1.165) is 35.9 Å². The van der Waals surface area contributed by atoms with Crippen LogP contribution in [0.1, 0.15) is 18.1 Å². The zero-order valence-corrected chi connectivity index (χ0v) is 19.3. The van der Waals surface area contributed by atoms with Crippen molar-refractivity contribution in [2.75, 3.05) is 26.5 Å². The van der Waals surface area contributed by atoms with Crippen molar-refractivity contribution in [2.45, 2.75) is 36.9 Å². The second-order valence-electron chi connectivity index (χ2n) is 6.30. The van der Waals surface area contributed by atoms with Gasteiger partial charge in [0.1, 0.15) is 12.4 Å². The van der Waals surface area contributed by atoms with Gasteiger partial charge in [-0.05, 0) is 18.6 Å². The average molecular weight is 518 g/mol. The molecule has 0 bridgehead atoms. The van der Waals surface area contributed by atoms with Crippen LogP contribution >= 0.6 is 24.0 Å². The first-order valence-electron chi connectivity index (χ1n) is 9.01. The Bertz CT molecular complexity index is 799. The van der Waals surface area contributed by atoms with E-state index < -0.39 is 10.8 Å². The van der Waals surface area contributed by atoms with Crippen LogP contribution in [0, 0.1) is 0 Å². The van der Waals surface area contributed by atoms with E-state index in [1.807, 2.05) is 35.0 Å². The Morgan fingerprint density at radius 1 is 1.39 bits per heavy atom. The van der Waals surface area contributed by atoms with Gasteiger partial charge in [0.2, 0.25) is 0 Å². The van der Waals surface area contributed by atoms with Crippen molar-refractivity contribution in [3.05, 3.63) is 42.0 Å². The zero-order chi connectivity index (χ0) is 19.1. The number of nitrogens with zero attached hydrogens (tertiary/aromatic N) is 4. The van der Waals surface area contributed by atoms with Crippen molar-refractivity contribution in [1.82, 2.24) is 25.4 Å². The molecule has 0 saturated carbocycles. The SMILES string of the molecule is CN=C(NCCS(=O)c1ccccc1)NC1CCc2nc(COC)nn2C1.I. The second-order valence-corrected chi connectivity index (χ2v) is 7.87. The summed E-state index contributed by atoms with van der Waals surface area (Å²) in [6, 6.07) is 9.73. The molecule has 154 valence electrons. The zero-order valence-electron chi connectivity index (χ0n) is 16.1. The highest BCUT2D eigenvalue weighted by molar-refractivity contribution is 14.0. The molecule has 28 heavy (non-hydrogen) atoms. The van der Waals surface area contributed by atoms with Crippen molar-refractivity contribution in [1.29, 1.82) is 0 Å². The molecule has 2 atom stereocenters. The Kier molecular flexibility index (Phi) is 9.32. The highest BCUT2D eigenvalue weighted by atomic mass is 127. The molecule has 1 aliphatic heterocycles. The largest absolute Gasteiger partial charge is 0.377 e. The molecule has 10 heteroatoms. The number of aliphatic imine (C=N–C) groups is 1. The van der Waals surface area contributed by atoms with Gasteiger partial charge in [0.25, 0.3) is 0 Å². The summed E-state index contributed by atoms with van der Waals surface area (Å²) in [4.78, 5) is 9.61. The fourth-order valence-corrected chi connectivity index (χ4v) is 3.99. The molecular weight excluding hydrogens is 491 g/mol. The average Bonchev–Trinajstić information content (AvgIpc) is 3.09. The summed E-state index contributed by atoms with van der Waals surface area (Å²) in [5, 5.41) is 11.2. The molecule has 0 aliphatic carbocycles. The van der Waals surface area contributed by atoms with E-state index in [9.17, 15) is 4.21 Å². The predicted molar refractivity (Wildman–Crippen MR) is 120 cm³/mol. The summed E-state index contributed by atoms with van der Waals surface area (Å²) in [7, 11) is 2.37. The van der Waals surface area contributed by atoms with Crippen LogP contribution in [0.2, 0.25) is 0 Å². The number of aryl methyl sites for hydroxylation is 1. The predicted octanol–water partition coefficient (Wildman–Crippen LogP) is 1.33. The first kappa shape index (κ1) is 22.8. The first-order valence-corrected chi connectivity index (χ1v) is 10.3. The van der Waals surface area contributed by atoms with Crippen LogP contribution in [-0.2, 0) is 35.1 Å². The lowest BCUT2D eigenvalue weighted by atomic mass is 10.1. The highest BCUT2D eigenvalue weighted by Crippen LogP contribution is 2.13. The minimum atomic E-state index is -1.02. The Morgan fingerprint density at radius 3 is 2.89 bits per heavy atom. The number of guanidine groups is 1. The van der Waals surface area contributed by atoms with Gasteiger partial charge in [-0.25, -0.2) is 9.67 Å². The maximum atomic E-state index is 12.3. The van der Waals surface area contributed by atoms with E-state index in [0.29, 0.717) is 24.9 Å². The molecule has 0 spiro atoms. The van der Waals surface area contributed by atoms with Gasteiger partial charge in [-0.15, -0.1) is 24.0 Å². The Balaban J connectivity index is 0.00000280. The molecule has 2 aromatic rings. The number of benzene rings is 1. The van der Waals surface area contributed by atoms with Crippen molar-refractivity contribution in [2.24, 2.45) is 4.99 Å². The van der Waals surface area contributed by atoms with Gasteiger partial charge in [-0.1, -0.05) is 18.2 Å². The first-order chi connectivity index (χ1) is 13.2. The number of aromatic nitrogens is 3. The fraction of sp³-hybridized carbons (Fsp3) is 0.500. The van der Waals surface area contributed by atoms with Crippen LogP contribution < -0.4 is 10.6 Å². The summed E-state index contributed by atoms with van der Waals surface area (Å²) < 4.78 is 19.3.